The third-order valence-corrected chi connectivity index (χ3v) is 3.25. The molecule has 2 N–H and O–H groups in total. The molecule has 0 saturated heterocycles. The largest absolute Gasteiger partial charge is 0.497 e. The monoisotopic (exact) mass is 259 g/mol. The third kappa shape index (κ3) is 3.32. The normalized spacial score (nSPS) is 12.2. The van der Waals surface area contributed by atoms with E-state index in [1.807, 2.05) is 25.1 Å². The molecule has 0 heterocycles. The summed E-state index contributed by atoms with van der Waals surface area (Å²) in [5, 5.41) is 0. The van der Waals surface area contributed by atoms with Gasteiger partial charge in [0.15, 0.2) is 0 Å². The van der Waals surface area contributed by atoms with Crippen molar-refractivity contribution in [3.05, 3.63) is 65.0 Å². The average molecular weight is 259 g/mol. The van der Waals surface area contributed by atoms with Crippen molar-refractivity contribution in [1.29, 1.82) is 0 Å². The first-order chi connectivity index (χ1) is 9.10. The van der Waals surface area contributed by atoms with Gasteiger partial charge >= 0.3 is 0 Å². The summed E-state index contributed by atoms with van der Waals surface area (Å²) >= 11 is 0. The lowest BCUT2D eigenvalue weighted by Crippen LogP contribution is -2.14. The number of benzene rings is 2. The minimum Gasteiger partial charge on any atom is -0.497 e. The molecule has 3 heteroatoms. The molecule has 2 rings (SSSR count). The van der Waals surface area contributed by atoms with Gasteiger partial charge in [0, 0.05) is 6.04 Å². The molecule has 0 aliphatic rings. The van der Waals surface area contributed by atoms with Gasteiger partial charge in [-0.3, -0.25) is 0 Å². The second kappa shape index (κ2) is 5.85. The Hall–Kier alpha value is -1.87. The minimum atomic E-state index is -0.224. The zero-order chi connectivity index (χ0) is 13.8. The molecule has 1 unspecified atom stereocenters. The van der Waals surface area contributed by atoms with Crippen LogP contribution in [0.4, 0.5) is 4.39 Å². The van der Waals surface area contributed by atoms with Crippen LogP contribution >= 0.6 is 0 Å². The number of rotatable bonds is 4. The second-order valence-corrected chi connectivity index (χ2v) is 4.66. The third-order valence-electron chi connectivity index (χ3n) is 3.25. The molecule has 0 aliphatic carbocycles. The molecule has 19 heavy (non-hydrogen) atoms. The molecule has 0 fully saturated rings. The van der Waals surface area contributed by atoms with Gasteiger partial charge in [-0.25, -0.2) is 4.39 Å². The van der Waals surface area contributed by atoms with Crippen LogP contribution in [0.2, 0.25) is 0 Å². The van der Waals surface area contributed by atoms with Crippen LogP contribution in [0, 0.1) is 12.7 Å². The fourth-order valence-corrected chi connectivity index (χ4v) is 2.18. The van der Waals surface area contributed by atoms with Gasteiger partial charge in [-0.15, -0.1) is 0 Å². The van der Waals surface area contributed by atoms with Crippen molar-refractivity contribution < 1.29 is 9.13 Å². The number of aryl methyl sites for hydroxylation is 1. The molecule has 0 amide bonds. The molecular weight excluding hydrogens is 241 g/mol. The Balaban J connectivity index is 2.15. The second-order valence-electron chi connectivity index (χ2n) is 4.66. The Bertz CT molecular complexity index is 551. The van der Waals surface area contributed by atoms with Gasteiger partial charge in [-0.2, -0.15) is 0 Å². The number of halogens is 1. The number of hydrogen-bond donors (Lipinski definition) is 1. The first kappa shape index (κ1) is 13.6. The summed E-state index contributed by atoms with van der Waals surface area (Å²) in [6.07, 6.45) is 0.688. The van der Waals surface area contributed by atoms with Crippen molar-refractivity contribution in [2.45, 2.75) is 19.4 Å². The molecule has 0 aliphatic heterocycles. The summed E-state index contributed by atoms with van der Waals surface area (Å²) in [7, 11) is 1.65. The van der Waals surface area contributed by atoms with Crippen LogP contribution in [0.5, 0.6) is 5.75 Å². The van der Waals surface area contributed by atoms with Gasteiger partial charge < -0.3 is 10.5 Å². The van der Waals surface area contributed by atoms with Gasteiger partial charge in [0.1, 0.15) is 11.6 Å². The van der Waals surface area contributed by atoms with Gasteiger partial charge in [-0.1, -0.05) is 18.2 Å². The van der Waals surface area contributed by atoms with Crippen molar-refractivity contribution in [2.75, 3.05) is 7.11 Å². The van der Waals surface area contributed by atoms with Crippen LogP contribution in [0.1, 0.15) is 22.7 Å². The summed E-state index contributed by atoms with van der Waals surface area (Å²) in [6, 6.07) is 12.2. The molecule has 0 bridgehead atoms. The van der Waals surface area contributed by atoms with E-state index in [0.717, 1.165) is 22.4 Å². The topological polar surface area (TPSA) is 35.2 Å². The molecular formula is C16H18FNO. The van der Waals surface area contributed by atoms with E-state index in [1.54, 1.807) is 19.2 Å². The molecule has 2 aromatic carbocycles. The average Bonchev–Trinajstić information content (AvgIpc) is 2.41. The molecule has 0 aromatic heterocycles. The standard InChI is InChI=1S/C16H18FNO/c1-11-9-14(19-2)7-8-15(11)16(18)10-12-3-5-13(17)6-4-12/h3-9,16H,10,18H2,1-2H3. The van der Waals surface area contributed by atoms with Crippen molar-refractivity contribution in [1.82, 2.24) is 0 Å². The van der Waals surface area contributed by atoms with Crippen molar-refractivity contribution in [3.63, 3.8) is 0 Å². The van der Waals surface area contributed by atoms with Crippen LogP contribution in [0.3, 0.4) is 0 Å². The van der Waals surface area contributed by atoms with E-state index < -0.39 is 0 Å². The van der Waals surface area contributed by atoms with E-state index in [4.69, 9.17) is 10.5 Å². The smallest absolute Gasteiger partial charge is 0.123 e. The lowest BCUT2D eigenvalue weighted by Gasteiger charge is -2.15. The highest BCUT2D eigenvalue weighted by Gasteiger charge is 2.10. The van der Waals surface area contributed by atoms with Crippen LogP contribution in [-0.2, 0) is 6.42 Å². The Morgan fingerprint density at radius 3 is 2.42 bits per heavy atom. The predicted molar refractivity (Wildman–Crippen MR) is 74.8 cm³/mol. The Labute approximate surface area is 113 Å². The van der Waals surface area contributed by atoms with E-state index in [1.165, 1.54) is 12.1 Å². The molecule has 0 saturated carbocycles. The minimum absolute atomic E-state index is 0.101. The van der Waals surface area contributed by atoms with Gasteiger partial charge in [0.2, 0.25) is 0 Å². The van der Waals surface area contributed by atoms with Crippen molar-refractivity contribution in [2.24, 2.45) is 5.73 Å². The quantitative estimate of drug-likeness (QED) is 0.913. The highest BCUT2D eigenvalue weighted by molar-refractivity contribution is 5.37. The fraction of sp³-hybridized carbons (Fsp3) is 0.250. The predicted octanol–water partition coefficient (Wildman–Crippen LogP) is 3.39. The fourth-order valence-electron chi connectivity index (χ4n) is 2.18. The summed E-state index contributed by atoms with van der Waals surface area (Å²) < 4.78 is 18.0. The van der Waals surface area contributed by atoms with Crippen molar-refractivity contribution >= 4 is 0 Å². The summed E-state index contributed by atoms with van der Waals surface area (Å²) in [4.78, 5) is 0. The Kier molecular flexibility index (Phi) is 4.17. The first-order valence-corrected chi connectivity index (χ1v) is 6.24. The molecule has 100 valence electrons. The molecule has 1 atom stereocenters. The first-order valence-electron chi connectivity index (χ1n) is 6.24. The maximum Gasteiger partial charge on any atom is 0.123 e. The van der Waals surface area contributed by atoms with Crippen LogP contribution in [-0.4, -0.2) is 7.11 Å². The molecule has 0 radical (unpaired) electrons. The van der Waals surface area contributed by atoms with Crippen molar-refractivity contribution in [3.8, 4) is 5.75 Å². The molecule has 0 spiro atoms. The van der Waals surface area contributed by atoms with Crippen LogP contribution < -0.4 is 10.5 Å². The highest BCUT2D eigenvalue weighted by atomic mass is 19.1. The van der Waals surface area contributed by atoms with Crippen LogP contribution in [0.15, 0.2) is 42.5 Å². The molecule has 2 nitrogen and oxygen atoms in total. The maximum absolute atomic E-state index is 12.8. The number of ether oxygens (including phenoxy) is 1. The van der Waals surface area contributed by atoms with Gasteiger partial charge in [0.25, 0.3) is 0 Å². The lowest BCUT2D eigenvalue weighted by atomic mass is 9.96. The lowest BCUT2D eigenvalue weighted by molar-refractivity contribution is 0.414. The summed E-state index contributed by atoms with van der Waals surface area (Å²) in [5.74, 6) is 0.605. The van der Waals surface area contributed by atoms with Crippen LogP contribution in [0.25, 0.3) is 0 Å². The number of methoxy groups -OCH3 is 1. The van der Waals surface area contributed by atoms with E-state index in [2.05, 4.69) is 0 Å². The number of hydrogen-bond acceptors (Lipinski definition) is 2. The van der Waals surface area contributed by atoms with Gasteiger partial charge in [-0.05, 0) is 54.3 Å². The maximum atomic E-state index is 12.8. The summed E-state index contributed by atoms with van der Waals surface area (Å²) in [5.41, 5.74) is 9.45. The van der Waals surface area contributed by atoms with E-state index in [9.17, 15) is 4.39 Å². The zero-order valence-corrected chi connectivity index (χ0v) is 11.2. The Morgan fingerprint density at radius 1 is 1.16 bits per heavy atom. The van der Waals surface area contributed by atoms with E-state index >= 15 is 0 Å². The zero-order valence-electron chi connectivity index (χ0n) is 11.2. The SMILES string of the molecule is COc1ccc(C(N)Cc2ccc(F)cc2)c(C)c1. The van der Waals surface area contributed by atoms with Gasteiger partial charge in [0.05, 0.1) is 7.11 Å². The highest BCUT2D eigenvalue weighted by Crippen LogP contribution is 2.23. The number of nitrogens with two attached hydrogens (primary N) is 1. The summed E-state index contributed by atoms with van der Waals surface area (Å²) in [6.45, 7) is 2.02. The van der Waals surface area contributed by atoms with E-state index in [0.29, 0.717) is 6.42 Å². The molecule has 2 aromatic rings. The Morgan fingerprint density at radius 2 is 1.84 bits per heavy atom. The van der Waals surface area contributed by atoms with E-state index in [-0.39, 0.29) is 11.9 Å².